The Morgan fingerprint density at radius 1 is 1.06 bits per heavy atom. The molecule has 0 spiro atoms. The predicted molar refractivity (Wildman–Crippen MR) is 137 cm³/mol. The summed E-state index contributed by atoms with van der Waals surface area (Å²) in [4.78, 5) is 46.5. The van der Waals surface area contributed by atoms with Crippen LogP contribution in [0, 0.1) is 0 Å². The smallest absolute Gasteiger partial charge is 0.414 e. The Bertz CT molecular complexity index is 1290. The van der Waals surface area contributed by atoms with Crippen molar-refractivity contribution in [1.82, 2.24) is 4.98 Å². The number of carbonyl (C=O) groups excluding carboxylic acids is 2. The van der Waals surface area contributed by atoms with E-state index in [0.717, 1.165) is 22.0 Å². The number of aromatic hydroxyl groups is 1. The second-order valence-corrected chi connectivity index (χ2v) is 9.97. The number of H-pyrrole nitrogens is 1. The van der Waals surface area contributed by atoms with Gasteiger partial charge in [-0.15, -0.1) is 5.06 Å². The van der Waals surface area contributed by atoms with Gasteiger partial charge in [-0.25, -0.2) is 4.79 Å². The highest BCUT2D eigenvalue weighted by Crippen LogP contribution is 2.34. The van der Waals surface area contributed by atoms with Crippen LogP contribution in [0.1, 0.15) is 38.1 Å². The predicted octanol–water partition coefficient (Wildman–Crippen LogP) is 4.46. The average molecular weight is 516 g/mol. The Balaban J connectivity index is 1.89. The van der Waals surface area contributed by atoms with Crippen LogP contribution in [-0.2, 0) is 16.0 Å². The van der Waals surface area contributed by atoms with Crippen LogP contribution >= 0.6 is 11.3 Å². The number of methoxy groups -OCH3 is 1. The van der Waals surface area contributed by atoms with Gasteiger partial charge in [-0.2, -0.15) is 0 Å². The van der Waals surface area contributed by atoms with E-state index in [2.05, 4.69) is 4.98 Å². The maximum atomic E-state index is 12.8. The molecule has 0 bridgehead atoms. The van der Waals surface area contributed by atoms with Crippen LogP contribution in [0.5, 0.6) is 17.4 Å². The summed E-state index contributed by atoms with van der Waals surface area (Å²) in [5.41, 5.74) is 0.767. The van der Waals surface area contributed by atoms with Gasteiger partial charge in [0.25, 0.3) is 5.91 Å². The second kappa shape index (κ2) is 10.7. The van der Waals surface area contributed by atoms with Gasteiger partial charge in [-0.05, 0) is 50.6 Å². The molecule has 0 atom stereocenters. The Hall–Kier alpha value is -3.99. The molecule has 10 nitrogen and oxygen atoms in total. The number of aromatic nitrogens is 1. The minimum atomic E-state index is -0.712. The fourth-order valence-electron chi connectivity index (χ4n) is 3.21. The lowest BCUT2D eigenvalue weighted by Crippen LogP contribution is -2.37. The Labute approximate surface area is 212 Å². The number of aromatic amines is 1. The third-order valence-electron chi connectivity index (χ3n) is 4.90. The molecule has 2 N–H and O–H groups in total. The van der Waals surface area contributed by atoms with Crippen LogP contribution < -0.4 is 24.4 Å². The SMILES string of the molecule is COc1ccc(N(Oc2ccc(Cc3sc(=O)[nH]c3O)cc2)C(C)=O)c(N(C)C(=O)OC(C)(C)C)c1. The van der Waals surface area contributed by atoms with Gasteiger partial charge in [-0.3, -0.25) is 19.5 Å². The van der Waals surface area contributed by atoms with Gasteiger partial charge in [0.1, 0.15) is 17.0 Å². The molecule has 0 saturated heterocycles. The van der Waals surface area contributed by atoms with E-state index in [0.29, 0.717) is 34.2 Å². The number of hydrogen-bond acceptors (Lipinski definition) is 8. The molecule has 0 aliphatic rings. The normalized spacial score (nSPS) is 11.1. The van der Waals surface area contributed by atoms with Crippen LogP contribution in [0.4, 0.5) is 16.2 Å². The van der Waals surface area contributed by atoms with E-state index in [9.17, 15) is 19.5 Å². The molecule has 3 rings (SSSR count). The molecule has 0 aliphatic carbocycles. The highest BCUT2D eigenvalue weighted by atomic mass is 32.1. The van der Waals surface area contributed by atoms with Gasteiger partial charge >= 0.3 is 11.0 Å². The molecule has 1 aromatic heterocycles. The van der Waals surface area contributed by atoms with Gasteiger partial charge in [0.15, 0.2) is 5.75 Å². The molecule has 36 heavy (non-hydrogen) atoms. The Kier molecular flexibility index (Phi) is 7.93. The molecule has 0 fully saturated rings. The Morgan fingerprint density at radius 2 is 1.69 bits per heavy atom. The zero-order valence-corrected chi connectivity index (χ0v) is 21.8. The van der Waals surface area contributed by atoms with Crippen molar-refractivity contribution >= 4 is 34.7 Å². The summed E-state index contributed by atoms with van der Waals surface area (Å²) in [6.45, 7) is 6.62. The first-order chi connectivity index (χ1) is 16.9. The molecule has 11 heteroatoms. The number of nitrogens with zero attached hydrogens (tertiary/aromatic N) is 2. The van der Waals surface area contributed by atoms with Crippen LogP contribution in [-0.4, -0.2) is 41.8 Å². The van der Waals surface area contributed by atoms with Crippen molar-refractivity contribution in [2.75, 3.05) is 24.1 Å². The number of nitrogens with one attached hydrogen (secondary N) is 1. The quantitative estimate of drug-likeness (QED) is 0.446. The van der Waals surface area contributed by atoms with Crippen molar-refractivity contribution in [3.05, 3.63) is 62.6 Å². The molecule has 3 aromatic rings. The van der Waals surface area contributed by atoms with E-state index >= 15 is 0 Å². The van der Waals surface area contributed by atoms with E-state index in [1.54, 1.807) is 63.2 Å². The summed E-state index contributed by atoms with van der Waals surface area (Å²) < 4.78 is 10.8. The third kappa shape index (κ3) is 6.57. The van der Waals surface area contributed by atoms with Gasteiger partial charge in [-0.1, -0.05) is 23.5 Å². The van der Waals surface area contributed by atoms with E-state index in [-0.39, 0.29) is 10.8 Å². The first-order valence-corrected chi connectivity index (χ1v) is 11.8. The van der Waals surface area contributed by atoms with E-state index in [1.807, 2.05) is 0 Å². The summed E-state index contributed by atoms with van der Waals surface area (Å²) in [6, 6.07) is 11.7. The van der Waals surface area contributed by atoms with Gasteiger partial charge in [0, 0.05) is 26.5 Å². The average Bonchev–Trinajstić information content (AvgIpc) is 3.12. The molecule has 2 amide bonds. The van der Waals surface area contributed by atoms with Crippen LogP contribution in [0.2, 0.25) is 0 Å². The van der Waals surface area contributed by atoms with Crippen molar-refractivity contribution < 1.29 is 29.0 Å². The zero-order chi connectivity index (χ0) is 26.6. The fraction of sp³-hybridized carbons (Fsp3) is 0.320. The molecule has 0 aliphatic heterocycles. The number of carbonyl (C=O) groups is 2. The molecule has 1 heterocycles. The number of hydroxylamine groups is 1. The number of rotatable bonds is 7. The van der Waals surface area contributed by atoms with E-state index in [1.165, 1.54) is 26.0 Å². The number of benzene rings is 2. The molecular formula is C25H29N3O7S. The summed E-state index contributed by atoms with van der Waals surface area (Å²) in [6.07, 6.45) is -0.255. The van der Waals surface area contributed by atoms with Crippen molar-refractivity contribution in [2.24, 2.45) is 0 Å². The van der Waals surface area contributed by atoms with Gasteiger partial charge in [0.05, 0.1) is 17.7 Å². The van der Waals surface area contributed by atoms with Crippen molar-refractivity contribution in [3.8, 4) is 17.4 Å². The minimum Gasteiger partial charge on any atom is -0.497 e. The van der Waals surface area contributed by atoms with E-state index in [4.69, 9.17) is 14.3 Å². The van der Waals surface area contributed by atoms with Crippen molar-refractivity contribution in [2.45, 2.75) is 39.7 Å². The Morgan fingerprint density at radius 3 is 2.22 bits per heavy atom. The summed E-state index contributed by atoms with van der Waals surface area (Å²) in [5.74, 6) is 0.272. The first-order valence-electron chi connectivity index (χ1n) is 11.0. The molecule has 192 valence electrons. The highest BCUT2D eigenvalue weighted by molar-refractivity contribution is 7.09. The van der Waals surface area contributed by atoms with Crippen molar-refractivity contribution in [3.63, 3.8) is 0 Å². The number of ether oxygens (including phenoxy) is 2. The number of anilines is 2. The number of amides is 2. The maximum absolute atomic E-state index is 12.8. The third-order valence-corrected chi connectivity index (χ3v) is 5.77. The molecule has 0 saturated carbocycles. The van der Waals surface area contributed by atoms with Crippen LogP contribution in [0.25, 0.3) is 0 Å². The van der Waals surface area contributed by atoms with Crippen molar-refractivity contribution in [1.29, 1.82) is 0 Å². The van der Waals surface area contributed by atoms with E-state index < -0.39 is 17.6 Å². The first kappa shape index (κ1) is 26.6. The van der Waals surface area contributed by atoms with Gasteiger partial charge < -0.3 is 19.4 Å². The molecular weight excluding hydrogens is 486 g/mol. The fourth-order valence-corrected chi connectivity index (χ4v) is 3.97. The standard InChI is InChI=1S/C25H29N3O7S/c1-15(29)28(35-17-9-7-16(8-10-17)13-21-22(30)26-23(31)36-21)19-12-11-18(33-6)14-20(19)27(5)24(32)34-25(2,3)4/h7-12,14,30H,13H2,1-6H3,(H,26,31). The summed E-state index contributed by atoms with van der Waals surface area (Å²) >= 11 is 0.940. The summed E-state index contributed by atoms with van der Waals surface area (Å²) in [5, 5.41) is 10.9. The zero-order valence-electron chi connectivity index (χ0n) is 20.9. The maximum Gasteiger partial charge on any atom is 0.414 e. The monoisotopic (exact) mass is 515 g/mol. The number of thiazole rings is 1. The topological polar surface area (TPSA) is 121 Å². The van der Waals surface area contributed by atoms with Crippen LogP contribution in [0.15, 0.2) is 47.3 Å². The van der Waals surface area contributed by atoms with Gasteiger partial charge in [0.2, 0.25) is 5.88 Å². The molecule has 0 radical (unpaired) electrons. The summed E-state index contributed by atoms with van der Waals surface area (Å²) in [7, 11) is 3.03. The lowest BCUT2D eigenvalue weighted by Gasteiger charge is -2.29. The van der Waals surface area contributed by atoms with Crippen LogP contribution in [0.3, 0.4) is 0 Å². The second-order valence-electron chi connectivity index (χ2n) is 8.91. The molecule has 0 unspecified atom stereocenters. The largest absolute Gasteiger partial charge is 0.497 e. The lowest BCUT2D eigenvalue weighted by molar-refractivity contribution is -0.120. The lowest BCUT2D eigenvalue weighted by atomic mass is 10.1. The minimum absolute atomic E-state index is 0.144. The highest BCUT2D eigenvalue weighted by Gasteiger charge is 2.26. The molecule has 2 aromatic carbocycles. The number of hydrogen-bond donors (Lipinski definition) is 2.